The fourth-order valence-corrected chi connectivity index (χ4v) is 1.62. The Balaban J connectivity index is 3.62. The van der Waals surface area contributed by atoms with Gasteiger partial charge in [0, 0.05) is 13.1 Å². The second kappa shape index (κ2) is 7.93. The van der Waals surface area contributed by atoms with Crippen LogP contribution < -0.4 is 5.32 Å². The van der Waals surface area contributed by atoms with Crippen LogP contribution >= 0.6 is 0 Å². The van der Waals surface area contributed by atoms with Crippen LogP contribution in [0, 0.1) is 11.8 Å². The molecule has 0 aliphatic carbocycles. The SMILES string of the molecule is CC(C)CNCC(C)CN(C)CCC(F)(F)F. The molecule has 0 bridgehead atoms. The van der Waals surface area contributed by atoms with Crippen LogP contribution in [0.2, 0.25) is 0 Å². The molecule has 0 saturated carbocycles. The summed E-state index contributed by atoms with van der Waals surface area (Å²) in [4.78, 5) is 1.75. The topological polar surface area (TPSA) is 15.3 Å². The van der Waals surface area contributed by atoms with Gasteiger partial charge in [-0.3, -0.25) is 0 Å². The smallest absolute Gasteiger partial charge is 0.316 e. The number of hydrogen-bond acceptors (Lipinski definition) is 2. The van der Waals surface area contributed by atoms with Crippen LogP contribution in [0.25, 0.3) is 0 Å². The Morgan fingerprint density at radius 1 is 1.12 bits per heavy atom. The van der Waals surface area contributed by atoms with Crippen molar-refractivity contribution >= 4 is 0 Å². The summed E-state index contributed by atoms with van der Waals surface area (Å²) >= 11 is 0. The van der Waals surface area contributed by atoms with Crippen molar-refractivity contribution in [2.24, 2.45) is 11.8 Å². The fraction of sp³-hybridized carbons (Fsp3) is 1.00. The summed E-state index contributed by atoms with van der Waals surface area (Å²) in [5.41, 5.74) is 0. The van der Waals surface area contributed by atoms with E-state index in [1.165, 1.54) is 0 Å². The molecule has 0 radical (unpaired) electrons. The molecule has 0 fully saturated rings. The van der Waals surface area contributed by atoms with Crippen molar-refractivity contribution in [3.8, 4) is 0 Å². The van der Waals surface area contributed by atoms with E-state index in [2.05, 4.69) is 26.1 Å². The zero-order valence-electron chi connectivity index (χ0n) is 11.3. The number of halogens is 3. The van der Waals surface area contributed by atoms with Gasteiger partial charge in [-0.1, -0.05) is 20.8 Å². The van der Waals surface area contributed by atoms with E-state index in [0.29, 0.717) is 18.4 Å². The van der Waals surface area contributed by atoms with Crippen molar-refractivity contribution in [1.82, 2.24) is 10.2 Å². The minimum atomic E-state index is -4.05. The summed E-state index contributed by atoms with van der Waals surface area (Å²) in [6.45, 7) is 8.90. The summed E-state index contributed by atoms with van der Waals surface area (Å²) in [5, 5.41) is 3.31. The fourth-order valence-electron chi connectivity index (χ4n) is 1.62. The Kier molecular flexibility index (Phi) is 7.79. The molecule has 0 aliphatic rings. The van der Waals surface area contributed by atoms with Crippen LogP contribution in [0.15, 0.2) is 0 Å². The molecule has 5 heteroatoms. The molecule has 0 aromatic rings. The van der Waals surface area contributed by atoms with E-state index in [1.807, 2.05) is 0 Å². The summed E-state index contributed by atoms with van der Waals surface area (Å²) in [5.74, 6) is 0.970. The predicted octanol–water partition coefficient (Wildman–Crippen LogP) is 2.75. The van der Waals surface area contributed by atoms with E-state index < -0.39 is 12.6 Å². The minimum absolute atomic E-state index is 0.0814. The van der Waals surface area contributed by atoms with Gasteiger partial charge in [0.15, 0.2) is 0 Å². The lowest BCUT2D eigenvalue weighted by molar-refractivity contribution is -0.137. The molecule has 104 valence electrons. The first-order chi connectivity index (χ1) is 7.70. The van der Waals surface area contributed by atoms with Crippen LogP contribution in [0.4, 0.5) is 13.2 Å². The number of alkyl halides is 3. The van der Waals surface area contributed by atoms with Crippen LogP contribution in [-0.4, -0.2) is 44.3 Å². The lowest BCUT2D eigenvalue weighted by Gasteiger charge is -2.22. The Morgan fingerprint density at radius 3 is 2.18 bits per heavy atom. The highest BCUT2D eigenvalue weighted by atomic mass is 19.4. The standard InChI is InChI=1S/C12H25F3N2/c1-10(2)7-16-8-11(3)9-17(4)6-5-12(13,14)15/h10-11,16H,5-9H2,1-4H3. The van der Waals surface area contributed by atoms with Crippen molar-refractivity contribution in [1.29, 1.82) is 0 Å². The first kappa shape index (κ1) is 16.7. The number of nitrogens with one attached hydrogen (secondary N) is 1. The molecule has 17 heavy (non-hydrogen) atoms. The third kappa shape index (κ3) is 12.0. The first-order valence-corrected chi connectivity index (χ1v) is 6.16. The number of rotatable bonds is 8. The average molecular weight is 254 g/mol. The molecule has 0 rings (SSSR count). The Bertz CT molecular complexity index is 193. The largest absolute Gasteiger partial charge is 0.390 e. The molecule has 0 saturated heterocycles. The number of hydrogen-bond donors (Lipinski definition) is 1. The molecule has 0 aliphatic heterocycles. The maximum atomic E-state index is 12.0. The summed E-state index contributed by atoms with van der Waals surface area (Å²) < 4.78 is 36.0. The minimum Gasteiger partial charge on any atom is -0.316 e. The first-order valence-electron chi connectivity index (χ1n) is 6.16. The summed E-state index contributed by atoms with van der Waals surface area (Å²) in [6, 6.07) is 0. The number of nitrogens with zero attached hydrogens (tertiary/aromatic N) is 1. The zero-order chi connectivity index (χ0) is 13.5. The van der Waals surface area contributed by atoms with E-state index in [9.17, 15) is 13.2 Å². The predicted molar refractivity (Wildman–Crippen MR) is 65.0 cm³/mol. The Labute approximate surface area is 103 Å². The monoisotopic (exact) mass is 254 g/mol. The van der Waals surface area contributed by atoms with Gasteiger partial charge in [-0.2, -0.15) is 13.2 Å². The van der Waals surface area contributed by atoms with Gasteiger partial charge in [0.25, 0.3) is 0 Å². The van der Waals surface area contributed by atoms with Gasteiger partial charge in [0.1, 0.15) is 0 Å². The molecule has 0 aromatic carbocycles. The summed E-state index contributed by atoms with van der Waals surface area (Å²) in [7, 11) is 1.74. The van der Waals surface area contributed by atoms with Crippen molar-refractivity contribution in [3.63, 3.8) is 0 Å². The third-order valence-corrected chi connectivity index (χ3v) is 2.45. The van der Waals surface area contributed by atoms with Crippen LogP contribution in [0.1, 0.15) is 27.2 Å². The second-order valence-electron chi connectivity index (χ2n) is 5.28. The van der Waals surface area contributed by atoms with Gasteiger partial charge in [0.2, 0.25) is 0 Å². The molecule has 0 heterocycles. The maximum absolute atomic E-state index is 12.0. The average Bonchev–Trinajstić information content (AvgIpc) is 2.13. The quantitative estimate of drug-likeness (QED) is 0.716. The molecule has 1 atom stereocenters. The summed E-state index contributed by atoms with van der Waals surface area (Å²) in [6.07, 6.45) is -4.77. The van der Waals surface area contributed by atoms with Crippen LogP contribution in [0.5, 0.6) is 0 Å². The van der Waals surface area contributed by atoms with Gasteiger partial charge in [-0.15, -0.1) is 0 Å². The molecule has 1 unspecified atom stereocenters. The Morgan fingerprint density at radius 2 is 1.71 bits per heavy atom. The molecule has 1 N–H and O–H groups in total. The van der Waals surface area contributed by atoms with Crippen LogP contribution in [0.3, 0.4) is 0 Å². The van der Waals surface area contributed by atoms with Gasteiger partial charge in [0.05, 0.1) is 6.42 Å². The van der Waals surface area contributed by atoms with E-state index in [0.717, 1.165) is 13.1 Å². The Hall–Kier alpha value is -0.290. The van der Waals surface area contributed by atoms with Crippen LogP contribution in [-0.2, 0) is 0 Å². The highest BCUT2D eigenvalue weighted by Crippen LogP contribution is 2.19. The van der Waals surface area contributed by atoms with E-state index >= 15 is 0 Å². The molecule has 0 spiro atoms. The van der Waals surface area contributed by atoms with Crippen molar-refractivity contribution in [2.75, 3.05) is 33.2 Å². The molecular formula is C12H25F3N2. The van der Waals surface area contributed by atoms with Crippen molar-refractivity contribution in [3.05, 3.63) is 0 Å². The molecule has 2 nitrogen and oxygen atoms in total. The lowest BCUT2D eigenvalue weighted by atomic mass is 10.1. The van der Waals surface area contributed by atoms with Gasteiger partial charge in [-0.25, -0.2) is 0 Å². The third-order valence-electron chi connectivity index (χ3n) is 2.45. The lowest BCUT2D eigenvalue weighted by Crippen LogP contribution is -2.34. The normalized spacial score (nSPS) is 14.6. The van der Waals surface area contributed by atoms with Gasteiger partial charge < -0.3 is 10.2 Å². The van der Waals surface area contributed by atoms with Crippen molar-refractivity contribution in [2.45, 2.75) is 33.4 Å². The second-order valence-corrected chi connectivity index (χ2v) is 5.28. The molecule has 0 amide bonds. The highest BCUT2D eigenvalue weighted by molar-refractivity contribution is 4.64. The molecular weight excluding hydrogens is 229 g/mol. The van der Waals surface area contributed by atoms with E-state index in [1.54, 1.807) is 11.9 Å². The van der Waals surface area contributed by atoms with Gasteiger partial charge in [-0.05, 0) is 32.0 Å². The zero-order valence-corrected chi connectivity index (χ0v) is 11.3. The van der Waals surface area contributed by atoms with Gasteiger partial charge >= 0.3 is 6.18 Å². The van der Waals surface area contributed by atoms with Crippen molar-refractivity contribution < 1.29 is 13.2 Å². The molecule has 0 aromatic heterocycles. The maximum Gasteiger partial charge on any atom is 0.390 e. The van der Waals surface area contributed by atoms with E-state index in [-0.39, 0.29) is 6.54 Å². The highest BCUT2D eigenvalue weighted by Gasteiger charge is 2.27. The van der Waals surface area contributed by atoms with E-state index in [4.69, 9.17) is 0 Å².